The SMILES string of the molecule is CC(C)NC(C)(CCCCSc1ccccc1F)C(N)=O. The number of thioether (sulfide) groups is 1. The topological polar surface area (TPSA) is 55.1 Å². The summed E-state index contributed by atoms with van der Waals surface area (Å²) in [5.41, 5.74) is 4.82. The van der Waals surface area contributed by atoms with E-state index in [4.69, 9.17) is 5.73 Å². The highest BCUT2D eigenvalue weighted by atomic mass is 32.2. The summed E-state index contributed by atoms with van der Waals surface area (Å²) in [6.07, 6.45) is 2.49. The van der Waals surface area contributed by atoms with Crippen LogP contribution in [0.2, 0.25) is 0 Å². The van der Waals surface area contributed by atoms with Gasteiger partial charge in [-0.15, -0.1) is 11.8 Å². The first kappa shape index (κ1) is 18.0. The molecule has 118 valence electrons. The van der Waals surface area contributed by atoms with Crippen LogP contribution in [0.25, 0.3) is 0 Å². The summed E-state index contributed by atoms with van der Waals surface area (Å²) in [7, 11) is 0. The molecule has 1 unspecified atom stereocenters. The summed E-state index contributed by atoms with van der Waals surface area (Å²) >= 11 is 1.51. The molecule has 0 heterocycles. The van der Waals surface area contributed by atoms with Crippen molar-refractivity contribution < 1.29 is 9.18 Å². The van der Waals surface area contributed by atoms with Gasteiger partial charge in [0.1, 0.15) is 5.82 Å². The number of carbonyl (C=O) groups is 1. The summed E-state index contributed by atoms with van der Waals surface area (Å²) in [4.78, 5) is 12.3. The Morgan fingerprint density at radius 2 is 2.05 bits per heavy atom. The maximum absolute atomic E-state index is 13.4. The number of rotatable bonds is 9. The summed E-state index contributed by atoms with van der Waals surface area (Å²) in [5, 5.41) is 3.23. The number of nitrogens with one attached hydrogen (secondary N) is 1. The predicted molar refractivity (Wildman–Crippen MR) is 86.8 cm³/mol. The summed E-state index contributed by atoms with van der Waals surface area (Å²) < 4.78 is 13.4. The summed E-state index contributed by atoms with van der Waals surface area (Å²) in [6, 6.07) is 6.99. The monoisotopic (exact) mass is 312 g/mol. The number of primary amides is 1. The fourth-order valence-electron chi connectivity index (χ4n) is 2.23. The van der Waals surface area contributed by atoms with Crippen LogP contribution in [-0.4, -0.2) is 23.2 Å². The van der Waals surface area contributed by atoms with Gasteiger partial charge in [0, 0.05) is 10.9 Å². The Labute approximate surface area is 130 Å². The van der Waals surface area contributed by atoms with Gasteiger partial charge < -0.3 is 11.1 Å². The van der Waals surface area contributed by atoms with Gasteiger partial charge in [-0.2, -0.15) is 0 Å². The predicted octanol–water partition coefficient (Wildman–Crippen LogP) is 3.33. The van der Waals surface area contributed by atoms with E-state index in [2.05, 4.69) is 5.32 Å². The van der Waals surface area contributed by atoms with Crippen molar-refractivity contribution in [3.63, 3.8) is 0 Å². The number of hydrogen-bond donors (Lipinski definition) is 2. The van der Waals surface area contributed by atoms with E-state index in [1.165, 1.54) is 17.8 Å². The highest BCUT2D eigenvalue weighted by molar-refractivity contribution is 7.99. The average Bonchev–Trinajstić information content (AvgIpc) is 2.39. The van der Waals surface area contributed by atoms with Crippen molar-refractivity contribution in [2.24, 2.45) is 5.73 Å². The molecule has 0 saturated heterocycles. The Bertz CT molecular complexity index is 467. The number of hydrogen-bond acceptors (Lipinski definition) is 3. The lowest BCUT2D eigenvalue weighted by atomic mass is 9.93. The van der Waals surface area contributed by atoms with Crippen LogP contribution >= 0.6 is 11.8 Å². The molecule has 1 atom stereocenters. The number of benzene rings is 1. The maximum Gasteiger partial charge on any atom is 0.237 e. The van der Waals surface area contributed by atoms with E-state index in [-0.39, 0.29) is 17.8 Å². The molecule has 1 aromatic carbocycles. The molecule has 0 saturated carbocycles. The molecule has 1 rings (SSSR count). The number of unbranched alkanes of at least 4 members (excludes halogenated alkanes) is 1. The maximum atomic E-state index is 13.4. The van der Waals surface area contributed by atoms with Gasteiger partial charge in [-0.1, -0.05) is 18.6 Å². The lowest BCUT2D eigenvalue weighted by Gasteiger charge is -2.29. The Hall–Kier alpha value is -1.07. The minimum absolute atomic E-state index is 0.175. The van der Waals surface area contributed by atoms with Crippen molar-refractivity contribution in [3.05, 3.63) is 30.1 Å². The zero-order valence-electron chi connectivity index (χ0n) is 13.0. The minimum atomic E-state index is -0.670. The zero-order chi connectivity index (χ0) is 15.9. The molecular formula is C16H25FN2OS. The van der Waals surface area contributed by atoms with Gasteiger partial charge in [0.2, 0.25) is 5.91 Å². The lowest BCUT2D eigenvalue weighted by molar-refractivity contribution is -0.124. The first-order valence-electron chi connectivity index (χ1n) is 7.30. The summed E-state index contributed by atoms with van der Waals surface area (Å²) in [6.45, 7) is 5.84. The zero-order valence-corrected chi connectivity index (χ0v) is 13.8. The molecule has 0 aliphatic carbocycles. The quantitative estimate of drug-likeness (QED) is 0.543. The molecule has 0 aromatic heterocycles. The molecule has 0 aliphatic heterocycles. The van der Waals surface area contributed by atoms with E-state index in [1.54, 1.807) is 12.1 Å². The van der Waals surface area contributed by atoms with Crippen LogP contribution in [-0.2, 0) is 4.79 Å². The van der Waals surface area contributed by atoms with Crippen LogP contribution in [0.15, 0.2) is 29.2 Å². The average molecular weight is 312 g/mol. The first-order valence-corrected chi connectivity index (χ1v) is 8.28. The molecule has 5 heteroatoms. The Morgan fingerprint density at radius 3 is 2.62 bits per heavy atom. The molecule has 0 bridgehead atoms. The van der Waals surface area contributed by atoms with Crippen LogP contribution < -0.4 is 11.1 Å². The van der Waals surface area contributed by atoms with E-state index in [9.17, 15) is 9.18 Å². The Balaban J connectivity index is 2.35. The van der Waals surface area contributed by atoms with Crippen molar-refractivity contribution in [1.82, 2.24) is 5.32 Å². The minimum Gasteiger partial charge on any atom is -0.368 e. The molecule has 0 radical (unpaired) electrons. The molecule has 1 aromatic rings. The standard InChI is InChI=1S/C16H25FN2OS/c1-12(2)19-16(3,15(18)20)10-6-7-11-21-14-9-5-4-8-13(14)17/h4-5,8-9,12,19H,6-7,10-11H2,1-3H3,(H2,18,20). The number of amides is 1. The van der Waals surface area contributed by atoms with Gasteiger partial charge in [-0.3, -0.25) is 4.79 Å². The molecule has 3 N–H and O–H groups in total. The fourth-order valence-corrected chi connectivity index (χ4v) is 3.18. The van der Waals surface area contributed by atoms with E-state index in [0.717, 1.165) is 18.6 Å². The van der Waals surface area contributed by atoms with Crippen molar-refractivity contribution in [1.29, 1.82) is 0 Å². The molecule has 3 nitrogen and oxygen atoms in total. The van der Waals surface area contributed by atoms with Gasteiger partial charge in [-0.25, -0.2) is 4.39 Å². The van der Waals surface area contributed by atoms with Crippen LogP contribution in [0.5, 0.6) is 0 Å². The molecule has 1 amide bonds. The third-order valence-electron chi connectivity index (χ3n) is 3.32. The number of nitrogens with two attached hydrogens (primary N) is 1. The van der Waals surface area contributed by atoms with Gasteiger partial charge in [-0.05, 0) is 51.5 Å². The largest absolute Gasteiger partial charge is 0.368 e. The lowest BCUT2D eigenvalue weighted by Crippen LogP contribution is -2.55. The van der Waals surface area contributed by atoms with E-state index < -0.39 is 5.54 Å². The van der Waals surface area contributed by atoms with Crippen molar-refractivity contribution in [2.45, 2.75) is 56.5 Å². The number of carbonyl (C=O) groups excluding carboxylic acids is 1. The second-order valence-electron chi connectivity index (χ2n) is 5.73. The smallest absolute Gasteiger partial charge is 0.237 e. The molecular weight excluding hydrogens is 287 g/mol. The second kappa shape index (κ2) is 8.39. The molecule has 21 heavy (non-hydrogen) atoms. The first-order chi connectivity index (χ1) is 9.85. The van der Waals surface area contributed by atoms with Crippen LogP contribution in [0.4, 0.5) is 4.39 Å². The van der Waals surface area contributed by atoms with Gasteiger partial charge in [0.15, 0.2) is 0 Å². The molecule has 0 fully saturated rings. The Morgan fingerprint density at radius 1 is 1.38 bits per heavy atom. The third kappa shape index (κ3) is 6.06. The van der Waals surface area contributed by atoms with Crippen molar-refractivity contribution in [2.75, 3.05) is 5.75 Å². The van der Waals surface area contributed by atoms with Gasteiger partial charge in [0.05, 0.1) is 5.54 Å². The molecule has 0 spiro atoms. The van der Waals surface area contributed by atoms with E-state index in [1.807, 2.05) is 26.8 Å². The van der Waals surface area contributed by atoms with E-state index >= 15 is 0 Å². The van der Waals surface area contributed by atoms with Crippen molar-refractivity contribution >= 4 is 17.7 Å². The highest BCUT2D eigenvalue weighted by Gasteiger charge is 2.30. The van der Waals surface area contributed by atoms with Crippen molar-refractivity contribution in [3.8, 4) is 0 Å². The third-order valence-corrected chi connectivity index (χ3v) is 4.45. The van der Waals surface area contributed by atoms with Gasteiger partial charge in [0.25, 0.3) is 0 Å². The molecule has 0 aliphatic rings. The van der Waals surface area contributed by atoms with Crippen LogP contribution in [0, 0.1) is 5.82 Å². The number of halogens is 1. The second-order valence-corrected chi connectivity index (χ2v) is 6.87. The van der Waals surface area contributed by atoms with Crippen LogP contribution in [0.1, 0.15) is 40.0 Å². The highest BCUT2D eigenvalue weighted by Crippen LogP contribution is 2.23. The van der Waals surface area contributed by atoms with E-state index in [0.29, 0.717) is 11.3 Å². The summed E-state index contributed by atoms with van der Waals surface area (Å²) in [5.74, 6) is 0.334. The van der Waals surface area contributed by atoms with Gasteiger partial charge >= 0.3 is 0 Å². The normalized spacial score (nSPS) is 14.1. The fraction of sp³-hybridized carbons (Fsp3) is 0.562. The van der Waals surface area contributed by atoms with Crippen LogP contribution in [0.3, 0.4) is 0 Å². The Kier molecular flexibility index (Phi) is 7.18.